The van der Waals surface area contributed by atoms with Gasteiger partial charge in [0.1, 0.15) is 11.4 Å². The van der Waals surface area contributed by atoms with Crippen LogP contribution < -0.4 is 5.32 Å². The molecule has 0 radical (unpaired) electrons. The van der Waals surface area contributed by atoms with Gasteiger partial charge in [-0.25, -0.2) is 8.42 Å². The van der Waals surface area contributed by atoms with Gasteiger partial charge in [-0.15, -0.1) is 0 Å². The van der Waals surface area contributed by atoms with Gasteiger partial charge in [-0.05, 0) is 47.5 Å². The molecule has 180 valence electrons. The maximum absolute atomic E-state index is 13.5. The van der Waals surface area contributed by atoms with Crippen LogP contribution in [0.5, 0.6) is 0 Å². The molecule has 1 aromatic heterocycles. The van der Waals surface area contributed by atoms with Gasteiger partial charge in [0, 0.05) is 31.7 Å². The highest BCUT2D eigenvalue weighted by atomic mass is 32.2. The summed E-state index contributed by atoms with van der Waals surface area (Å²) in [4.78, 5) is 27.2. The number of piperidine rings is 1. The minimum atomic E-state index is -3.85. The number of carbonyl (C=O) groups is 2. The van der Waals surface area contributed by atoms with Crippen LogP contribution in [0.25, 0.3) is 0 Å². The number of carbonyl (C=O) groups excluding carboxylic acids is 2. The molecule has 0 bridgehead atoms. The number of morpholine rings is 1. The molecule has 0 spiro atoms. The number of amides is 2. The van der Waals surface area contributed by atoms with Crippen molar-refractivity contribution in [3.63, 3.8) is 0 Å². The monoisotopic (exact) mass is 469 g/mol. The molecule has 0 unspecified atom stereocenters. The molecular weight excluding hydrogens is 434 g/mol. The summed E-state index contributed by atoms with van der Waals surface area (Å²) >= 11 is 0. The summed E-state index contributed by atoms with van der Waals surface area (Å²) in [5, 5.41) is 7.19. The molecular formula is C21H35N5O5S. The van der Waals surface area contributed by atoms with Crippen molar-refractivity contribution in [2.45, 2.75) is 64.4 Å². The van der Waals surface area contributed by atoms with Crippen molar-refractivity contribution in [3.05, 3.63) is 11.4 Å². The van der Waals surface area contributed by atoms with Crippen LogP contribution in [0.3, 0.4) is 0 Å². The highest BCUT2D eigenvalue weighted by Crippen LogP contribution is 2.28. The molecule has 2 aliphatic rings. The maximum atomic E-state index is 13.5. The SMILES string of the molecule is Cc1nn(CC(=O)NC(C)(C)C)c(C)c1S(=O)(=O)N1CCC[C@H](C(=O)N2CCOCC2)C1. The zero-order valence-corrected chi connectivity index (χ0v) is 20.5. The Balaban J connectivity index is 1.77. The summed E-state index contributed by atoms with van der Waals surface area (Å²) < 4.78 is 35.2. The van der Waals surface area contributed by atoms with E-state index in [9.17, 15) is 18.0 Å². The second-order valence-corrected chi connectivity index (χ2v) is 11.5. The van der Waals surface area contributed by atoms with E-state index in [1.165, 1.54) is 8.99 Å². The lowest BCUT2D eigenvalue weighted by Gasteiger charge is -2.35. The van der Waals surface area contributed by atoms with Crippen molar-refractivity contribution in [3.8, 4) is 0 Å². The van der Waals surface area contributed by atoms with Crippen LogP contribution in [0.1, 0.15) is 45.0 Å². The van der Waals surface area contributed by atoms with Crippen molar-refractivity contribution in [2.24, 2.45) is 5.92 Å². The first kappa shape index (κ1) is 24.7. The molecule has 3 rings (SSSR count). The highest BCUT2D eigenvalue weighted by Gasteiger charge is 2.38. The van der Waals surface area contributed by atoms with Crippen molar-refractivity contribution in [1.82, 2.24) is 24.3 Å². The molecule has 2 saturated heterocycles. The lowest BCUT2D eigenvalue weighted by atomic mass is 9.98. The number of sulfonamides is 1. The number of ether oxygens (including phenoxy) is 1. The van der Waals surface area contributed by atoms with Gasteiger partial charge >= 0.3 is 0 Å². The van der Waals surface area contributed by atoms with Crippen molar-refractivity contribution >= 4 is 21.8 Å². The summed E-state index contributed by atoms with van der Waals surface area (Å²) in [5.74, 6) is -0.595. The lowest BCUT2D eigenvalue weighted by molar-refractivity contribution is -0.140. The van der Waals surface area contributed by atoms with Crippen LogP contribution in [-0.4, -0.2) is 84.1 Å². The Morgan fingerprint density at radius 1 is 1.16 bits per heavy atom. The van der Waals surface area contributed by atoms with E-state index in [0.29, 0.717) is 57.1 Å². The van der Waals surface area contributed by atoms with Gasteiger partial charge in [-0.3, -0.25) is 14.3 Å². The molecule has 32 heavy (non-hydrogen) atoms. The number of aromatic nitrogens is 2. The minimum absolute atomic E-state index is 0.00353. The molecule has 1 aromatic rings. The average molecular weight is 470 g/mol. The van der Waals surface area contributed by atoms with E-state index in [0.717, 1.165) is 0 Å². The van der Waals surface area contributed by atoms with Gasteiger partial charge in [-0.1, -0.05) is 0 Å². The first-order valence-electron chi connectivity index (χ1n) is 11.1. The van der Waals surface area contributed by atoms with E-state index in [4.69, 9.17) is 4.74 Å². The molecule has 11 heteroatoms. The van der Waals surface area contributed by atoms with Gasteiger partial charge in [-0.2, -0.15) is 9.40 Å². The standard InChI is InChI=1S/C21H35N5O5S/c1-15-19(16(2)26(23-15)14-18(27)22-21(3,4)5)32(29,30)25-8-6-7-17(13-25)20(28)24-9-11-31-12-10-24/h17H,6-14H2,1-5H3,(H,22,27)/t17-/m0/s1. The van der Waals surface area contributed by atoms with Crippen LogP contribution >= 0.6 is 0 Å². The predicted molar refractivity (Wildman–Crippen MR) is 118 cm³/mol. The molecule has 0 aliphatic carbocycles. The molecule has 3 heterocycles. The predicted octanol–water partition coefficient (Wildman–Crippen LogP) is 0.674. The molecule has 0 saturated carbocycles. The Bertz CT molecular complexity index is 960. The van der Waals surface area contributed by atoms with E-state index in [2.05, 4.69) is 10.4 Å². The van der Waals surface area contributed by atoms with Crippen molar-refractivity contribution < 1.29 is 22.7 Å². The molecule has 10 nitrogen and oxygen atoms in total. The number of nitrogens with one attached hydrogen (secondary N) is 1. The number of hydrogen-bond acceptors (Lipinski definition) is 6. The van der Waals surface area contributed by atoms with Crippen LogP contribution in [0.15, 0.2) is 4.90 Å². The van der Waals surface area contributed by atoms with E-state index < -0.39 is 15.6 Å². The molecule has 2 aliphatic heterocycles. The smallest absolute Gasteiger partial charge is 0.246 e. The Morgan fingerprint density at radius 2 is 1.81 bits per heavy atom. The topological polar surface area (TPSA) is 114 Å². The summed E-state index contributed by atoms with van der Waals surface area (Å²) in [6, 6.07) is 0. The highest BCUT2D eigenvalue weighted by molar-refractivity contribution is 7.89. The third kappa shape index (κ3) is 5.49. The van der Waals surface area contributed by atoms with Crippen LogP contribution in [0.4, 0.5) is 0 Å². The number of aryl methyl sites for hydroxylation is 1. The fraction of sp³-hybridized carbons (Fsp3) is 0.762. The molecule has 2 fully saturated rings. The zero-order chi connectivity index (χ0) is 23.7. The van der Waals surface area contributed by atoms with E-state index in [1.807, 2.05) is 20.8 Å². The third-order valence-electron chi connectivity index (χ3n) is 5.78. The van der Waals surface area contributed by atoms with Crippen LogP contribution in [-0.2, 0) is 30.9 Å². The van der Waals surface area contributed by atoms with Crippen molar-refractivity contribution in [2.75, 3.05) is 39.4 Å². The first-order chi connectivity index (χ1) is 14.9. The molecule has 1 N–H and O–H groups in total. The summed E-state index contributed by atoms with van der Waals surface area (Å²) in [6.45, 7) is 11.5. The number of nitrogens with zero attached hydrogens (tertiary/aromatic N) is 4. The molecule has 2 amide bonds. The van der Waals surface area contributed by atoms with Gasteiger partial charge < -0.3 is 15.0 Å². The second-order valence-electron chi connectivity index (χ2n) is 9.60. The second kappa shape index (κ2) is 9.48. The molecule has 1 atom stereocenters. The fourth-order valence-corrected chi connectivity index (χ4v) is 6.23. The summed E-state index contributed by atoms with van der Waals surface area (Å²) in [5.41, 5.74) is 0.388. The third-order valence-corrected chi connectivity index (χ3v) is 7.90. The van der Waals surface area contributed by atoms with Crippen LogP contribution in [0, 0.1) is 19.8 Å². The van der Waals surface area contributed by atoms with Gasteiger partial charge in [0.25, 0.3) is 0 Å². The van der Waals surface area contributed by atoms with Gasteiger partial charge in [0.05, 0.1) is 30.5 Å². The minimum Gasteiger partial charge on any atom is -0.378 e. The quantitative estimate of drug-likeness (QED) is 0.678. The van der Waals surface area contributed by atoms with E-state index in [-0.39, 0.29) is 35.7 Å². The summed E-state index contributed by atoms with van der Waals surface area (Å²) in [7, 11) is -3.85. The Morgan fingerprint density at radius 3 is 2.44 bits per heavy atom. The number of rotatable bonds is 5. The lowest BCUT2D eigenvalue weighted by Crippen LogP contribution is -2.49. The normalized spacial score (nSPS) is 20.9. The largest absolute Gasteiger partial charge is 0.378 e. The number of hydrogen-bond donors (Lipinski definition) is 1. The Kier molecular flexibility index (Phi) is 7.31. The van der Waals surface area contributed by atoms with E-state index in [1.54, 1.807) is 18.7 Å². The summed E-state index contributed by atoms with van der Waals surface area (Å²) in [6.07, 6.45) is 1.30. The van der Waals surface area contributed by atoms with Gasteiger partial charge in [0.15, 0.2) is 0 Å². The first-order valence-corrected chi connectivity index (χ1v) is 12.6. The van der Waals surface area contributed by atoms with Crippen LogP contribution in [0.2, 0.25) is 0 Å². The Hall–Kier alpha value is -1.98. The Labute approximate surface area is 190 Å². The molecule has 0 aromatic carbocycles. The average Bonchev–Trinajstić information content (AvgIpc) is 3.00. The van der Waals surface area contributed by atoms with Crippen molar-refractivity contribution in [1.29, 1.82) is 0 Å². The zero-order valence-electron chi connectivity index (χ0n) is 19.7. The fourth-order valence-electron chi connectivity index (χ4n) is 4.33. The maximum Gasteiger partial charge on any atom is 0.246 e. The van der Waals surface area contributed by atoms with Gasteiger partial charge in [0.2, 0.25) is 21.8 Å². The van der Waals surface area contributed by atoms with E-state index >= 15 is 0 Å².